The molecule has 0 bridgehead atoms. The molecule has 0 aliphatic heterocycles. The fourth-order valence-electron chi connectivity index (χ4n) is 1.71. The molecule has 0 aliphatic rings. The zero-order valence-electron chi connectivity index (χ0n) is 11.0. The average molecular weight is 266 g/mol. The number of hydrogen-bond acceptors (Lipinski definition) is 5. The third-order valence-electron chi connectivity index (χ3n) is 2.62. The van der Waals surface area contributed by atoms with Crippen molar-refractivity contribution in [2.45, 2.75) is 13.8 Å². The molecule has 0 amide bonds. The molecule has 0 saturated carbocycles. The number of nitrogens with zero attached hydrogens (tertiary/aromatic N) is 1. The van der Waals surface area contributed by atoms with Gasteiger partial charge >= 0.3 is 11.9 Å². The number of nitrogen functional groups attached to an aromatic ring is 1. The number of nitrogens with two attached hydrogens (primary N) is 1. The van der Waals surface area contributed by atoms with Crippen molar-refractivity contribution < 1.29 is 19.4 Å². The molecule has 0 atom stereocenters. The number of benzene rings is 1. The number of esters is 1. The Balaban J connectivity index is 2.92. The van der Waals surface area contributed by atoms with Crippen molar-refractivity contribution in [2.75, 3.05) is 30.3 Å². The van der Waals surface area contributed by atoms with Crippen molar-refractivity contribution in [1.82, 2.24) is 0 Å². The van der Waals surface area contributed by atoms with Gasteiger partial charge in [-0.05, 0) is 32.0 Å². The Morgan fingerprint density at radius 3 is 2.53 bits per heavy atom. The van der Waals surface area contributed by atoms with Gasteiger partial charge in [0.1, 0.15) is 6.54 Å². The van der Waals surface area contributed by atoms with Crippen LogP contribution in [-0.2, 0) is 9.53 Å². The Kier molecular flexibility index (Phi) is 5.17. The standard InChI is InChI=1S/C13H18N2O4/c1-3-15(8-12(16)19-4-2)11-6-5-9(13(17)18)7-10(11)14/h5-7H,3-4,8,14H2,1-2H3,(H,17,18). The predicted octanol–water partition coefficient (Wildman–Crippen LogP) is 1.36. The average Bonchev–Trinajstić information content (AvgIpc) is 2.36. The zero-order chi connectivity index (χ0) is 14.4. The smallest absolute Gasteiger partial charge is 0.335 e. The molecule has 0 radical (unpaired) electrons. The molecule has 104 valence electrons. The normalized spacial score (nSPS) is 10.0. The first-order valence-corrected chi connectivity index (χ1v) is 6.03. The number of carbonyl (C=O) groups excluding carboxylic acids is 1. The van der Waals surface area contributed by atoms with E-state index in [4.69, 9.17) is 15.6 Å². The number of ether oxygens (including phenoxy) is 1. The Labute approximate surface area is 111 Å². The molecule has 19 heavy (non-hydrogen) atoms. The van der Waals surface area contributed by atoms with Gasteiger partial charge in [0.2, 0.25) is 0 Å². The summed E-state index contributed by atoms with van der Waals surface area (Å²) >= 11 is 0. The van der Waals surface area contributed by atoms with Crippen LogP contribution in [0.2, 0.25) is 0 Å². The van der Waals surface area contributed by atoms with Gasteiger partial charge in [-0.25, -0.2) is 4.79 Å². The molecule has 6 heteroatoms. The van der Waals surface area contributed by atoms with Gasteiger partial charge in [0.15, 0.2) is 0 Å². The van der Waals surface area contributed by atoms with Gasteiger partial charge in [-0.15, -0.1) is 0 Å². The third kappa shape index (κ3) is 3.87. The first kappa shape index (κ1) is 14.8. The fourth-order valence-corrected chi connectivity index (χ4v) is 1.71. The first-order valence-electron chi connectivity index (χ1n) is 6.03. The van der Waals surface area contributed by atoms with E-state index in [9.17, 15) is 9.59 Å². The van der Waals surface area contributed by atoms with E-state index in [2.05, 4.69) is 0 Å². The second-order valence-corrected chi connectivity index (χ2v) is 3.90. The maximum absolute atomic E-state index is 11.5. The minimum Gasteiger partial charge on any atom is -0.478 e. The summed E-state index contributed by atoms with van der Waals surface area (Å²) in [6, 6.07) is 4.44. The van der Waals surface area contributed by atoms with Crippen LogP contribution in [0.3, 0.4) is 0 Å². The monoisotopic (exact) mass is 266 g/mol. The molecule has 1 aromatic carbocycles. The summed E-state index contributed by atoms with van der Waals surface area (Å²) < 4.78 is 4.88. The topological polar surface area (TPSA) is 92.9 Å². The highest BCUT2D eigenvalue weighted by molar-refractivity contribution is 5.91. The molecule has 6 nitrogen and oxygen atoms in total. The lowest BCUT2D eigenvalue weighted by Gasteiger charge is -2.23. The van der Waals surface area contributed by atoms with Gasteiger partial charge < -0.3 is 20.5 Å². The summed E-state index contributed by atoms with van der Waals surface area (Å²) in [6.45, 7) is 4.59. The molecule has 3 N–H and O–H groups in total. The molecular formula is C13H18N2O4. The lowest BCUT2D eigenvalue weighted by molar-refractivity contribution is -0.141. The van der Waals surface area contributed by atoms with Crippen molar-refractivity contribution >= 4 is 23.3 Å². The molecular weight excluding hydrogens is 248 g/mol. The molecule has 1 aromatic rings. The number of carbonyl (C=O) groups is 2. The van der Waals surface area contributed by atoms with Crippen LogP contribution >= 0.6 is 0 Å². The highest BCUT2D eigenvalue weighted by Gasteiger charge is 2.14. The van der Waals surface area contributed by atoms with E-state index in [1.807, 2.05) is 6.92 Å². The van der Waals surface area contributed by atoms with Crippen LogP contribution in [0, 0.1) is 0 Å². The van der Waals surface area contributed by atoms with E-state index in [-0.39, 0.29) is 18.1 Å². The van der Waals surface area contributed by atoms with E-state index in [1.54, 1.807) is 17.9 Å². The van der Waals surface area contributed by atoms with Gasteiger partial charge in [-0.3, -0.25) is 4.79 Å². The molecule has 0 heterocycles. The Morgan fingerprint density at radius 1 is 1.37 bits per heavy atom. The Morgan fingerprint density at radius 2 is 2.05 bits per heavy atom. The van der Waals surface area contributed by atoms with Crippen LogP contribution in [0.4, 0.5) is 11.4 Å². The van der Waals surface area contributed by atoms with Crippen molar-refractivity contribution in [3.05, 3.63) is 23.8 Å². The summed E-state index contributed by atoms with van der Waals surface area (Å²) in [7, 11) is 0. The predicted molar refractivity (Wildman–Crippen MR) is 72.3 cm³/mol. The van der Waals surface area contributed by atoms with E-state index in [1.165, 1.54) is 12.1 Å². The summed E-state index contributed by atoms with van der Waals surface area (Å²) in [5, 5.41) is 8.87. The van der Waals surface area contributed by atoms with E-state index < -0.39 is 5.97 Å². The highest BCUT2D eigenvalue weighted by Crippen LogP contribution is 2.24. The summed E-state index contributed by atoms with van der Waals surface area (Å²) in [6.07, 6.45) is 0. The number of aromatic carboxylic acids is 1. The van der Waals surface area contributed by atoms with Crippen molar-refractivity contribution in [2.24, 2.45) is 0 Å². The zero-order valence-corrected chi connectivity index (χ0v) is 11.0. The van der Waals surface area contributed by atoms with Crippen LogP contribution in [-0.4, -0.2) is 36.7 Å². The molecule has 0 unspecified atom stereocenters. The number of carboxylic acid groups (broad SMARTS) is 1. The second kappa shape index (κ2) is 6.63. The van der Waals surface area contributed by atoms with Crippen molar-refractivity contribution in [3.63, 3.8) is 0 Å². The molecule has 0 aromatic heterocycles. The van der Waals surface area contributed by atoms with Gasteiger partial charge in [-0.2, -0.15) is 0 Å². The van der Waals surface area contributed by atoms with Crippen LogP contribution in [0.5, 0.6) is 0 Å². The minimum atomic E-state index is -1.04. The van der Waals surface area contributed by atoms with Gasteiger partial charge in [-0.1, -0.05) is 0 Å². The highest BCUT2D eigenvalue weighted by atomic mass is 16.5. The quantitative estimate of drug-likeness (QED) is 0.596. The van der Waals surface area contributed by atoms with E-state index in [0.29, 0.717) is 24.5 Å². The Hall–Kier alpha value is -2.24. The molecule has 0 fully saturated rings. The number of hydrogen-bond donors (Lipinski definition) is 2. The van der Waals surface area contributed by atoms with Crippen LogP contribution in [0.25, 0.3) is 0 Å². The first-order chi connectivity index (χ1) is 8.99. The summed E-state index contributed by atoms with van der Waals surface area (Å²) in [5.74, 6) is -1.38. The molecule has 1 rings (SSSR count). The van der Waals surface area contributed by atoms with E-state index >= 15 is 0 Å². The maximum Gasteiger partial charge on any atom is 0.335 e. The molecule has 0 saturated heterocycles. The minimum absolute atomic E-state index is 0.0843. The third-order valence-corrected chi connectivity index (χ3v) is 2.62. The lowest BCUT2D eigenvalue weighted by atomic mass is 10.1. The number of anilines is 2. The van der Waals surface area contributed by atoms with Gasteiger partial charge in [0.25, 0.3) is 0 Å². The largest absolute Gasteiger partial charge is 0.478 e. The van der Waals surface area contributed by atoms with Gasteiger partial charge in [0, 0.05) is 6.54 Å². The Bertz CT molecular complexity index is 474. The SMILES string of the molecule is CCOC(=O)CN(CC)c1ccc(C(=O)O)cc1N. The van der Waals surface area contributed by atoms with Crippen LogP contribution < -0.4 is 10.6 Å². The van der Waals surface area contributed by atoms with Crippen molar-refractivity contribution in [3.8, 4) is 0 Å². The maximum atomic E-state index is 11.5. The second-order valence-electron chi connectivity index (χ2n) is 3.90. The summed E-state index contributed by atoms with van der Waals surface area (Å²) in [5.41, 5.74) is 6.90. The molecule has 0 spiro atoms. The number of rotatable bonds is 6. The number of likely N-dealkylation sites (N-methyl/N-ethyl adjacent to an activating group) is 1. The fraction of sp³-hybridized carbons (Fsp3) is 0.385. The molecule has 0 aliphatic carbocycles. The van der Waals surface area contributed by atoms with Crippen molar-refractivity contribution in [1.29, 1.82) is 0 Å². The van der Waals surface area contributed by atoms with Crippen LogP contribution in [0.1, 0.15) is 24.2 Å². The number of carboxylic acids is 1. The van der Waals surface area contributed by atoms with Gasteiger partial charge in [0.05, 0.1) is 23.5 Å². The summed E-state index contributed by atoms with van der Waals surface area (Å²) in [4.78, 5) is 24.0. The van der Waals surface area contributed by atoms with E-state index in [0.717, 1.165) is 0 Å². The lowest BCUT2D eigenvalue weighted by Crippen LogP contribution is -2.31. The van der Waals surface area contributed by atoms with Crippen LogP contribution in [0.15, 0.2) is 18.2 Å².